The molecule has 10 heteroatoms. The smallest absolute Gasteiger partial charge is 0.383 e. The first-order chi connectivity index (χ1) is 9.15. The standard InChI is InChI=1S/C10H11F3N4O3/c1-2-16(5-10(11,12)13)9(18)7-3-6(17(19)20)4-15-8(7)14/h3-4H,2,5H2,1H3,(H2,14,15). The Morgan fingerprint density at radius 1 is 1.55 bits per heavy atom. The number of nitro groups is 1. The Labute approximate surface area is 111 Å². The summed E-state index contributed by atoms with van der Waals surface area (Å²) in [6.45, 7) is -0.338. The summed E-state index contributed by atoms with van der Waals surface area (Å²) in [6.07, 6.45) is -3.75. The first kappa shape index (κ1) is 15.7. The van der Waals surface area contributed by atoms with Crippen LogP contribution >= 0.6 is 0 Å². The monoisotopic (exact) mass is 292 g/mol. The number of aromatic nitrogens is 1. The van der Waals surface area contributed by atoms with Crippen molar-refractivity contribution in [3.63, 3.8) is 0 Å². The molecular formula is C10H11F3N4O3. The van der Waals surface area contributed by atoms with Crippen LogP contribution in [0.1, 0.15) is 17.3 Å². The maximum atomic E-state index is 12.3. The second-order valence-electron chi connectivity index (χ2n) is 3.82. The van der Waals surface area contributed by atoms with Crippen LogP contribution in [0.3, 0.4) is 0 Å². The molecule has 0 aliphatic heterocycles. The fourth-order valence-corrected chi connectivity index (χ4v) is 1.45. The van der Waals surface area contributed by atoms with Gasteiger partial charge in [0, 0.05) is 12.6 Å². The SMILES string of the molecule is CCN(CC(F)(F)F)C(=O)c1cc([N+](=O)[O-])cnc1N. The summed E-state index contributed by atoms with van der Waals surface area (Å²) in [5.74, 6) is -1.42. The summed E-state index contributed by atoms with van der Waals surface area (Å²) in [4.78, 5) is 25.6. The minimum Gasteiger partial charge on any atom is -0.383 e. The Hall–Kier alpha value is -2.39. The van der Waals surface area contributed by atoms with E-state index in [0.717, 1.165) is 12.3 Å². The quantitative estimate of drug-likeness (QED) is 0.670. The fourth-order valence-electron chi connectivity index (χ4n) is 1.45. The van der Waals surface area contributed by atoms with Gasteiger partial charge in [0.25, 0.3) is 11.6 Å². The van der Waals surface area contributed by atoms with Gasteiger partial charge < -0.3 is 10.6 Å². The largest absolute Gasteiger partial charge is 0.406 e. The highest BCUT2D eigenvalue weighted by molar-refractivity contribution is 5.98. The summed E-state index contributed by atoms with van der Waals surface area (Å²) in [5, 5.41) is 10.6. The molecule has 1 aromatic heterocycles. The molecule has 1 aromatic rings. The van der Waals surface area contributed by atoms with Gasteiger partial charge in [0.05, 0.1) is 10.5 Å². The van der Waals surface area contributed by atoms with Crippen molar-refractivity contribution >= 4 is 17.4 Å². The van der Waals surface area contributed by atoms with Crippen LogP contribution in [0.25, 0.3) is 0 Å². The second kappa shape index (κ2) is 5.72. The van der Waals surface area contributed by atoms with Crippen LogP contribution in [-0.2, 0) is 0 Å². The minimum absolute atomic E-state index is 0.222. The molecule has 1 heterocycles. The normalized spacial score (nSPS) is 11.2. The molecule has 0 aromatic carbocycles. The highest BCUT2D eigenvalue weighted by Crippen LogP contribution is 2.21. The Bertz CT molecular complexity index is 533. The zero-order valence-electron chi connectivity index (χ0n) is 10.3. The third-order valence-electron chi connectivity index (χ3n) is 2.38. The second-order valence-corrected chi connectivity index (χ2v) is 3.82. The summed E-state index contributed by atoms with van der Waals surface area (Å²) < 4.78 is 37.0. The van der Waals surface area contributed by atoms with Crippen LogP contribution < -0.4 is 5.73 Å². The molecule has 7 nitrogen and oxygen atoms in total. The van der Waals surface area contributed by atoms with E-state index < -0.39 is 34.8 Å². The van der Waals surface area contributed by atoms with Crippen LogP contribution in [0.2, 0.25) is 0 Å². The Morgan fingerprint density at radius 2 is 2.15 bits per heavy atom. The van der Waals surface area contributed by atoms with Crippen LogP contribution in [0, 0.1) is 10.1 Å². The van der Waals surface area contributed by atoms with E-state index in [1.165, 1.54) is 6.92 Å². The van der Waals surface area contributed by atoms with Gasteiger partial charge in [-0.05, 0) is 6.92 Å². The van der Waals surface area contributed by atoms with Crippen molar-refractivity contribution in [1.29, 1.82) is 0 Å². The lowest BCUT2D eigenvalue weighted by Gasteiger charge is -2.22. The van der Waals surface area contributed by atoms with E-state index in [1.54, 1.807) is 0 Å². The molecule has 0 atom stereocenters. The number of alkyl halides is 3. The maximum Gasteiger partial charge on any atom is 0.406 e. The molecule has 0 saturated heterocycles. The van der Waals surface area contributed by atoms with Gasteiger partial charge in [0.15, 0.2) is 0 Å². The average Bonchev–Trinajstić information content (AvgIpc) is 2.34. The molecule has 20 heavy (non-hydrogen) atoms. The number of pyridine rings is 1. The topological polar surface area (TPSA) is 102 Å². The molecule has 1 amide bonds. The van der Waals surface area contributed by atoms with Crippen LogP contribution in [-0.4, -0.2) is 40.0 Å². The molecule has 110 valence electrons. The molecule has 0 unspecified atom stereocenters. The number of nitrogen functional groups attached to an aromatic ring is 1. The Morgan fingerprint density at radius 3 is 2.60 bits per heavy atom. The Kier molecular flexibility index (Phi) is 4.48. The number of hydrogen-bond acceptors (Lipinski definition) is 5. The van der Waals surface area contributed by atoms with Crippen molar-refractivity contribution in [3.8, 4) is 0 Å². The van der Waals surface area contributed by atoms with Gasteiger partial charge in [0.1, 0.15) is 18.6 Å². The van der Waals surface area contributed by atoms with Crippen molar-refractivity contribution in [1.82, 2.24) is 9.88 Å². The van der Waals surface area contributed by atoms with Gasteiger partial charge in [-0.15, -0.1) is 0 Å². The molecule has 0 bridgehead atoms. The van der Waals surface area contributed by atoms with Crippen LogP contribution in [0.15, 0.2) is 12.3 Å². The van der Waals surface area contributed by atoms with E-state index in [1.807, 2.05) is 0 Å². The van der Waals surface area contributed by atoms with Gasteiger partial charge in [0.2, 0.25) is 0 Å². The van der Waals surface area contributed by atoms with E-state index in [0.29, 0.717) is 4.90 Å². The van der Waals surface area contributed by atoms with Crippen LogP contribution in [0.4, 0.5) is 24.7 Å². The molecule has 0 radical (unpaired) electrons. The van der Waals surface area contributed by atoms with E-state index in [9.17, 15) is 28.1 Å². The predicted molar refractivity (Wildman–Crippen MR) is 62.9 cm³/mol. The van der Waals surface area contributed by atoms with Crippen molar-refractivity contribution in [3.05, 3.63) is 27.9 Å². The van der Waals surface area contributed by atoms with E-state index in [-0.39, 0.29) is 12.4 Å². The molecule has 2 N–H and O–H groups in total. The highest BCUT2D eigenvalue weighted by Gasteiger charge is 2.33. The summed E-state index contributed by atoms with van der Waals surface area (Å²) in [5.41, 5.74) is 4.44. The van der Waals surface area contributed by atoms with Crippen molar-refractivity contribution in [2.45, 2.75) is 13.1 Å². The lowest BCUT2D eigenvalue weighted by Crippen LogP contribution is -2.39. The number of anilines is 1. The lowest BCUT2D eigenvalue weighted by molar-refractivity contribution is -0.385. The summed E-state index contributed by atoms with van der Waals surface area (Å²) >= 11 is 0. The number of rotatable bonds is 4. The third kappa shape index (κ3) is 3.80. The number of carbonyl (C=O) groups is 1. The average molecular weight is 292 g/mol. The molecule has 1 rings (SSSR count). The molecular weight excluding hydrogens is 281 g/mol. The van der Waals surface area contributed by atoms with E-state index in [4.69, 9.17) is 5.73 Å². The van der Waals surface area contributed by atoms with Gasteiger partial charge >= 0.3 is 6.18 Å². The van der Waals surface area contributed by atoms with Gasteiger partial charge in [-0.3, -0.25) is 14.9 Å². The highest BCUT2D eigenvalue weighted by atomic mass is 19.4. The van der Waals surface area contributed by atoms with E-state index >= 15 is 0 Å². The van der Waals surface area contributed by atoms with Crippen molar-refractivity contribution in [2.24, 2.45) is 0 Å². The zero-order valence-corrected chi connectivity index (χ0v) is 10.3. The predicted octanol–water partition coefficient (Wildman–Crippen LogP) is 1.60. The molecule has 0 spiro atoms. The first-order valence-corrected chi connectivity index (χ1v) is 5.41. The number of nitrogens with two attached hydrogens (primary N) is 1. The number of carbonyl (C=O) groups excluding carboxylic acids is 1. The number of nitrogens with zero attached hydrogens (tertiary/aromatic N) is 3. The summed E-state index contributed by atoms with van der Waals surface area (Å²) in [7, 11) is 0. The zero-order chi connectivity index (χ0) is 15.5. The number of halogens is 3. The van der Waals surface area contributed by atoms with Gasteiger partial charge in [-0.1, -0.05) is 0 Å². The maximum absolute atomic E-state index is 12.3. The third-order valence-corrected chi connectivity index (χ3v) is 2.38. The van der Waals surface area contributed by atoms with Crippen molar-refractivity contribution < 1.29 is 22.9 Å². The lowest BCUT2D eigenvalue weighted by atomic mass is 10.2. The number of hydrogen-bond donors (Lipinski definition) is 1. The van der Waals surface area contributed by atoms with Gasteiger partial charge in [-0.25, -0.2) is 4.98 Å². The molecule has 0 fully saturated rings. The van der Waals surface area contributed by atoms with E-state index in [2.05, 4.69) is 4.98 Å². The van der Waals surface area contributed by atoms with Crippen LogP contribution in [0.5, 0.6) is 0 Å². The molecule has 0 aliphatic rings. The summed E-state index contributed by atoms with van der Waals surface area (Å²) in [6, 6.07) is 0.809. The minimum atomic E-state index is -4.57. The Balaban J connectivity index is 3.12. The van der Waals surface area contributed by atoms with Crippen molar-refractivity contribution in [2.75, 3.05) is 18.8 Å². The van der Waals surface area contributed by atoms with Gasteiger partial charge in [-0.2, -0.15) is 13.2 Å². The molecule has 0 saturated carbocycles. The first-order valence-electron chi connectivity index (χ1n) is 5.41. The molecule has 0 aliphatic carbocycles. The fraction of sp³-hybridized carbons (Fsp3) is 0.400. The number of amides is 1.